The molecule has 1 aliphatic rings. The summed E-state index contributed by atoms with van der Waals surface area (Å²) in [5, 5.41) is 7.25. The van der Waals surface area contributed by atoms with Gasteiger partial charge in [0.1, 0.15) is 0 Å². The largest absolute Gasteiger partial charge is 0.494 e. The molecule has 0 spiro atoms. The van der Waals surface area contributed by atoms with E-state index in [0.29, 0.717) is 34.9 Å². The Morgan fingerprint density at radius 2 is 0.537 bits per heavy atom. The van der Waals surface area contributed by atoms with Gasteiger partial charge in [-0.15, -0.1) is 22.7 Å². The summed E-state index contributed by atoms with van der Waals surface area (Å²) >= 11 is 7.20. The predicted octanol–water partition coefficient (Wildman–Crippen LogP) is 26.8. The molecule has 0 saturated carbocycles. The fourth-order valence-electron chi connectivity index (χ4n) is 16.3. The molecule has 9 heterocycles. The Hall–Kier alpha value is -14.0. The maximum atomic E-state index is 6.33. The lowest BCUT2D eigenvalue weighted by molar-refractivity contribution is 0.00578. The van der Waals surface area contributed by atoms with Crippen molar-refractivity contribution < 1.29 is 9.31 Å². The standard InChI is InChI=1S/C50H31N5S.C35H29BN2O2S.C21H14BrN3.B/c1-4-14-35(15-5-1)48-52-49(36-16-6-2-7-17-36)54-50(53-48)37-30-26-33(27-31-37)32-24-28-34(29-25-32)44-43-45-47(56-46(43)39-20-10-12-22-41(39)51-44)40-21-11-13-23-42(40)55(45)38-18-8-3-9-19-38;1-34(2)35(3,4)40-36(39-34)23-20-18-22(19-21-23)30-29-31-33(41-32(29)25-14-8-10-16-27(25)37-30)26-15-9-11-17-28(26)38(31)24-12-6-5-7-13-24;22-18-13-11-17(12-14-18)21-24-19(15-7-3-1-4-8-15)23-20(25-21)16-9-5-2-6-10-16;/h1-31H;5-21H,1-4H3;1-14H;. The van der Waals surface area contributed by atoms with Crippen LogP contribution in [0.15, 0.2) is 381 Å². The van der Waals surface area contributed by atoms with E-state index in [-0.39, 0.29) is 19.6 Å². The van der Waals surface area contributed by atoms with Crippen molar-refractivity contribution >= 4 is 144 Å². The highest BCUT2D eigenvalue weighted by molar-refractivity contribution is 9.10. The average molecular weight is 1690 g/mol. The molecule has 22 aromatic rings. The van der Waals surface area contributed by atoms with E-state index in [1.807, 2.05) is 168 Å². The smallest absolute Gasteiger partial charge is 0.399 e. The van der Waals surface area contributed by atoms with Gasteiger partial charge in [-0.05, 0) is 105 Å². The number of aromatic nitrogens is 10. The van der Waals surface area contributed by atoms with Crippen LogP contribution in [-0.4, -0.2) is 75.7 Å². The van der Waals surface area contributed by atoms with Crippen LogP contribution in [0.5, 0.6) is 0 Å². The summed E-state index contributed by atoms with van der Waals surface area (Å²) in [7, 11) is -0.396. The lowest BCUT2D eigenvalue weighted by atomic mass is 9.78. The number of hydrogen-bond acceptors (Lipinski definition) is 12. The molecule has 1 saturated heterocycles. The number of para-hydroxylation sites is 6. The first-order valence-corrected chi connectivity index (χ1v) is 43.1. The Morgan fingerprint density at radius 3 is 0.886 bits per heavy atom. The quantitative estimate of drug-likeness (QED) is 0.109. The molecule has 23 rings (SSSR count). The number of nitrogens with zero attached hydrogens (tertiary/aromatic N) is 10. The minimum atomic E-state index is -0.396. The number of halogens is 1. The molecule has 17 heteroatoms. The highest BCUT2D eigenvalue weighted by Crippen LogP contribution is 2.50. The average Bonchev–Trinajstić information content (AvgIpc) is 1.55. The number of fused-ring (bicyclic) bond motifs is 14. The summed E-state index contributed by atoms with van der Waals surface area (Å²) in [4.78, 5) is 39.4. The van der Waals surface area contributed by atoms with Crippen molar-refractivity contribution in [2.45, 2.75) is 38.9 Å². The number of hydrogen-bond donors (Lipinski definition) is 0. The predicted molar refractivity (Wildman–Crippen MR) is 514 cm³/mol. The van der Waals surface area contributed by atoms with Crippen molar-refractivity contribution in [1.82, 2.24) is 49.0 Å². The van der Waals surface area contributed by atoms with Crippen molar-refractivity contribution in [2.75, 3.05) is 0 Å². The Balaban J connectivity index is 0.000000126. The van der Waals surface area contributed by atoms with E-state index in [2.05, 4.69) is 288 Å². The molecule has 0 amide bonds. The van der Waals surface area contributed by atoms with Gasteiger partial charge < -0.3 is 18.4 Å². The van der Waals surface area contributed by atoms with Crippen LogP contribution >= 0.6 is 38.6 Å². The lowest BCUT2D eigenvalue weighted by Gasteiger charge is -2.32. The lowest BCUT2D eigenvalue weighted by Crippen LogP contribution is -2.41. The van der Waals surface area contributed by atoms with Crippen LogP contribution in [-0.2, 0) is 9.31 Å². The third-order valence-corrected chi connectivity index (χ3v) is 26.1. The summed E-state index contributed by atoms with van der Waals surface area (Å²) in [5.74, 6) is 3.95. The summed E-state index contributed by atoms with van der Waals surface area (Å²) in [6.45, 7) is 8.35. The van der Waals surface area contributed by atoms with Crippen LogP contribution in [0.1, 0.15) is 27.7 Å². The van der Waals surface area contributed by atoms with E-state index >= 15 is 0 Å². The van der Waals surface area contributed by atoms with Crippen molar-refractivity contribution in [3.8, 4) is 113 Å². The third-order valence-electron chi connectivity index (χ3n) is 23.1. The fourth-order valence-corrected chi connectivity index (χ4v) is 19.3. The van der Waals surface area contributed by atoms with Gasteiger partial charge in [-0.25, -0.2) is 39.9 Å². The van der Waals surface area contributed by atoms with E-state index in [0.717, 1.165) is 99.4 Å². The van der Waals surface area contributed by atoms with Gasteiger partial charge in [-0.1, -0.05) is 331 Å². The van der Waals surface area contributed by atoms with Gasteiger partial charge in [-0.3, -0.25) is 0 Å². The topological polar surface area (TPSA) is 131 Å². The number of pyridine rings is 2. The highest BCUT2D eigenvalue weighted by atomic mass is 79.9. The fraction of sp³-hybridized carbons (Fsp3) is 0.0566. The van der Waals surface area contributed by atoms with Crippen molar-refractivity contribution in [2.24, 2.45) is 0 Å². The molecular weight excluding hydrogens is 1610 g/mol. The summed E-state index contributed by atoms with van der Waals surface area (Å²) in [5.41, 5.74) is 21.5. The maximum absolute atomic E-state index is 6.33. The monoisotopic (exact) mass is 1680 g/mol. The number of rotatable bonds is 12. The second-order valence-corrected chi connectivity index (χ2v) is 34.2. The van der Waals surface area contributed by atoms with Gasteiger partial charge in [0.15, 0.2) is 34.9 Å². The molecule has 12 nitrogen and oxygen atoms in total. The zero-order valence-electron chi connectivity index (χ0n) is 67.4. The van der Waals surface area contributed by atoms with Crippen molar-refractivity contribution in [3.05, 3.63) is 381 Å². The molecule has 0 unspecified atom stereocenters. The highest BCUT2D eigenvalue weighted by Gasteiger charge is 2.51. The van der Waals surface area contributed by atoms with E-state index in [4.69, 9.17) is 44.2 Å². The molecule has 0 bridgehead atoms. The van der Waals surface area contributed by atoms with E-state index in [1.54, 1.807) is 0 Å². The molecule has 1 fully saturated rings. The van der Waals surface area contributed by atoms with E-state index < -0.39 is 7.12 Å². The first kappa shape index (κ1) is 77.6. The third kappa shape index (κ3) is 14.5. The molecule has 14 aromatic carbocycles. The molecule has 0 aliphatic carbocycles. The maximum Gasteiger partial charge on any atom is 0.494 e. The van der Waals surface area contributed by atoms with Crippen LogP contribution in [0.25, 0.3) is 198 Å². The zero-order chi connectivity index (χ0) is 82.0. The Labute approximate surface area is 729 Å². The second kappa shape index (κ2) is 32.5. The molecule has 585 valence electrons. The van der Waals surface area contributed by atoms with Crippen LogP contribution < -0.4 is 5.46 Å². The summed E-state index contributed by atoms with van der Waals surface area (Å²) in [6.07, 6.45) is 0. The molecule has 0 N–H and O–H groups in total. The first-order chi connectivity index (χ1) is 59.9. The van der Waals surface area contributed by atoms with Crippen LogP contribution in [0.4, 0.5) is 0 Å². The molecule has 8 aromatic heterocycles. The van der Waals surface area contributed by atoms with Crippen molar-refractivity contribution in [3.63, 3.8) is 0 Å². The van der Waals surface area contributed by atoms with Gasteiger partial charge in [0.2, 0.25) is 0 Å². The Bertz CT molecular complexity index is 7550. The summed E-state index contributed by atoms with van der Waals surface area (Å²) in [6, 6.07) is 130. The normalized spacial score (nSPS) is 12.9. The minimum Gasteiger partial charge on any atom is -0.399 e. The molecule has 3 radical (unpaired) electrons. The number of benzene rings is 14. The van der Waals surface area contributed by atoms with Gasteiger partial charge in [0, 0.05) is 110 Å². The van der Waals surface area contributed by atoms with E-state index in [9.17, 15) is 0 Å². The summed E-state index contributed by atoms with van der Waals surface area (Å²) < 4.78 is 23.6. The van der Waals surface area contributed by atoms with Gasteiger partial charge >= 0.3 is 7.12 Å². The van der Waals surface area contributed by atoms with Crippen LogP contribution in [0.3, 0.4) is 0 Å². The molecule has 1 aliphatic heterocycles. The van der Waals surface area contributed by atoms with Crippen LogP contribution in [0, 0.1) is 0 Å². The van der Waals surface area contributed by atoms with Gasteiger partial charge in [0.25, 0.3) is 0 Å². The second-order valence-electron chi connectivity index (χ2n) is 31.2. The van der Waals surface area contributed by atoms with Crippen molar-refractivity contribution in [1.29, 1.82) is 0 Å². The van der Waals surface area contributed by atoms with Crippen LogP contribution in [0.2, 0.25) is 0 Å². The number of thiophene rings is 2. The van der Waals surface area contributed by atoms with E-state index in [1.165, 1.54) is 73.2 Å². The SMILES string of the molecule is Brc1ccc(-c2nc(-c3ccccc3)nc(-c3ccccc3)n2)cc1.CC1(C)OB(c2ccc(-c3nc4ccccc4c4sc5c6ccccc6n(-c6ccccc6)c5c34)cc2)OC1(C)C.[B].c1ccc(-c2nc(-c3ccccc3)nc(-c3ccc(-c4ccc(-c5nc6ccccc6c6sc7c8ccccc8n(-c8ccccc8)c7c56)cc4)cc3)n2)cc1. The molecule has 123 heavy (non-hydrogen) atoms. The van der Waals surface area contributed by atoms with Gasteiger partial charge in [0.05, 0.1) is 65.1 Å². The molecule has 0 atom stereocenters. The zero-order valence-corrected chi connectivity index (χ0v) is 70.7. The van der Waals surface area contributed by atoms with Gasteiger partial charge in [-0.2, -0.15) is 0 Å². The molecular formula is C106H74B2BrN10O2S2. The minimum absolute atomic E-state index is 0. The first-order valence-electron chi connectivity index (χ1n) is 40.7. The Kier molecular flexibility index (Phi) is 20.5. The Morgan fingerprint density at radius 1 is 0.268 bits per heavy atom.